The molecule has 0 aliphatic carbocycles. The zero-order chi connectivity index (χ0) is 13.2. The molecule has 0 saturated carbocycles. The third-order valence-corrected chi connectivity index (χ3v) is 4.16. The van der Waals surface area contributed by atoms with Crippen LogP contribution in [0.15, 0.2) is 30.3 Å². The molecule has 1 N–H and O–H groups in total. The Labute approximate surface area is 108 Å². The highest BCUT2D eigenvalue weighted by Gasteiger charge is 2.47. The van der Waals surface area contributed by atoms with Crippen LogP contribution in [0, 0.1) is 0 Å². The minimum absolute atomic E-state index is 0.334. The third kappa shape index (κ3) is 1.93. The van der Waals surface area contributed by atoms with E-state index in [4.69, 9.17) is 0 Å². The molecule has 0 spiro atoms. The predicted molar refractivity (Wildman–Crippen MR) is 71.4 cm³/mol. The van der Waals surface area contributed by atoms with Crippen LogP contribution in [0.5, 0.6) is 0 Å². The van der Waals surface area contributed by atoms with Gasteiger partial charge >= 0.3 is 5.97 Å². The maximum absolute atomic E-state index is 11.9. The topological polar surface area (TPSA) is 40.5 Å². The summed E-state index contributed by atoms with van der Waals surface area (Å²) in [6, 6.07) is 9.97. The van der Waals surface area contributed by atoms with Crippen molar-refractivity contribution in [3.8, 4) is 0 Å². The zero-order valence-electron chi connectivity index (χ0n) is 11.1. The quantitative estimate of drug-likeness (QED) is 0.889. The second-order valence-corrected chi connectivity index (χ2v) is 5.07. The van der Waals surface area contributed by atoms with Crippen molar-refractivity contribution in [3.63, 3.8) is 0 Å². The first kappa shape index (κ1) is 13.1. The lowest BCUT2D eigenvalue weighted by Gasteiger charge is -2.40. The number of benzene rings is 1. The van der Waals surface area contributed by atoms with Gasteiger partial charge in [-0.1, -0.05) is 37.3 Å². The molecule has 98 valence electrons. The van der Waals surface area contributed by atoms with Crippen LogP contribution in [0.2, 0.25) is 0 Å². The van der Waals surface area contributed by atoms with Gasteiger partial charge in [-0.2, -0.15) is 0 Å². The largest absolute Gasteiger partial charge is 0.480 e. The molecule has 0 radical (unpaired) electrons. The molecule has 0 aromatic heterocycles. The van der Waals surface area contributed by atoms with Gasteiger partial charge in [-0.3, -0.25) is 4.90 Å². The predicted octanol–water partition coefficient (Wildman–Crippen LogP) is 2.86. The van der Waals surface area contributed by atoms with Crippen molar-refractivity contribution < 1.29 is 9.90 Å². The molecule has 1 heterocycles. The summed E-state index contributed by atoms with van der Waals surface area (Å²) in [6.07, 6.45) is 2.77. The highest BCUT2D eigenvalue weighted by atomic mass is 16.4. The molecule has 2 rings (SSSR count). The van der Waals surface area contributed by atoms with Crippen LogP contribution in [0.1, 0.15) is 38.7 Å². The van der Waals surface area contributed by atoms with Crippen LogP contribution in [0.3, 0.4) is 0 Å². The fourth-order valence-corrected chi connectivity index (χ4v) is 3.18. The number of carboxylic acids is 1. The average Bonchev–Trinajstić information content (AvgIpc) is 2.79. The Morgan fingerprint density at radius 2 is 2.11 bits per heavy atom. The van der Waals surface area contributed by atoms with E-state index in [1.54, 1.807) is 0 Å². The molecule has 1 aliphatic rings. The molecular weight excluding hydrogens is 226 g/mol. The lowest BCUT2D eigenvalue weighted by molar-refractivity contribution is -0.153. The summed E-state index contributed by atoms with van der Waals surface area (Å²) in [5.74, 6) is -0.732. The van der Waals surface area contributed by atoms with Crippen molar-refractivity contribution in [2.75, 3.05) is 6.54 Å². The van der Waals surface area contributed by atoms with E-state index in [0.29, 0.717) is 12.5 Å². The standard InChI is InChI=1S/C15H21NO2/c1-3-15(14(17)18,13-9-5-4-6-10-13)16-11-7-8-12(16)2/h4-6,9-10,12H,3,7-8,11H2,1-2H3,(H,17,18). The average molecular weight is 247 g/mol. The number of carbonyl (C=O) groups is 1. The fraction of sp³-hybridized carbons (Fsp3) is 0.533. The molecule has 2 atom stereocenters. The van der Waals surface area contributed by atoms with Gasteiger partial charge in [0.05, 0.1) is 0 Å². The lowest BCUT2D eigenvalue weighted by Crippen LogP contribution is -2.53. The molecule has 0 amide bonds. The number of rotatable bonds is 4. The summed E-state index contributed by atoms with van der Waals surface area (Å²) in [5, 5.41) is 9.81. The lowest BCUT2D eigenvalue weighted by atomic mass is 9.85. The highest BCUT2D eigenvalue weighted by molar-refractivity contribution is 5.81. The van der Waals surface area contributed by atoms with Crippen molar-refractivity contribution >= 4 is 5.97 Å². The molecule has 1 aromatic carbocycles. The van der Waals surface area contributed by atoms with Gasteiger partial charge in [-0.05, 0) is 38.3 Å². The maximum atomic E-state index is 11.9. The van der Waals surface area contributed by atoms with Crippen LogP contribution in [0.4, 0.5) is 0 Å². The van der Waals surface area contributed by atoms with Gasteiger partial charge < -0.3 is 5.11 Å². The van der Waals surface area contributed by atoms with E-state index in [1.165, 1.54) is 0 Å². The van der Waals surface area contributed by atoms with Crippen LogP contribution in [-0.2, 0) is 10.3 Å². The van der Waals surface area contributed by atoms with Crippen LogP contribution in [0.25, 0.3) is 0 Å². The summed E-state index contributed by atoms with van der Waals surface area (Å²) in [4.78, 5) is 14.1. The first-order valence-corrected chi connectivity index (χ1v) is 6.68. The Morgan fingerprint density at radius 1 is 1.44 bits per heavy atom. The Hall–Kier alpha value is -1.35. The Kier molecular flexibility index (Phi) is 3.71. The van der Waals surface area contributed by atoms with Crippen LogP contribution in [-0.4, -0.2) is 28.6 Å². The summed E-state index contributed by atoms with van der Waals surface area (Å²) in [7, 11) is 0. The number of likely N-dealkylation sites (tertiary alicyclic amines) is 1. The highest BCUT2D eigenvalue weighted by Crippen LogP contribution is 2.38. The summed E-state index contributed by atoms with van der Waals surface area (Å²) in [6.45, 7) is 4.96. The number of carboxylic acid groups (broad SMARTS) is 1. The Balaban J connectivity index is 2.49. The SMILES string of the molecule is CCC(C(=O)O)(c1ccccc1)N1CCCC1C. The minimum Gasteiger partial charge on any atom is -0.480 e. The van der Waals surface area contributed by atoms with E-state index < -0.39 is 11.5 Å². The summed E-state index contributed by atoms with van der Waals surface area (Å²) in [5.41, 5.74) is 0.0331. The zero-order valence-corrected chi connectivity index (χ0v) is 11.1. The van der Waals surface area contributed by atoms with E-state index >= 15 is 0 Å². The van der Waals surface area contributed by atoms with E-state index in [-0.39, 0.29) is 0 Å². The first-order chi connectivity index (χ1) is 8.63. The van der Waals surface area contributed by atoms with Crippen LogP contribution < -0.4 is 0 Å². The van der Waals surface area contributed by atoms with Gasteiger partial charge in [0.1, 0.15) is 5.54 Å². The second-order valence-electron chi connectivity index (χ2n) is 5.07. The monoisotopic (exact) mass is 247 g/mol. The van der Waals surface area contributed by atoms with Gasteiger partial charge in [-0.25, -0.2) is 4.79 Å². The molecule has 0 bridgehead atoms. The van der Waals surface area contributed by atoms with Gasteiger partial charge in [-0.15, -0.1) is 0 Å². The fourth-order valence-electron chi connectivity index (χ4n) is 3.18. The molecule has 18 heavy (non-hydrogen) atoms. The maximum Gasteiger partial charge on any atom is 0.328 e. The third-order valence-electron chi connectivity index (χ3n) is 4.16. The van der Waals surface area contributed by atoms with E-state index in [9.17, 15) is 9.90 Å². The normalized spacial score (nSPS) is 23.8. The molecular formula is C15H21NO2. The van der Waals surface area contributed by atoms with E-state index in [1.807, 2.05) is 37.3 Å². The van der Waals surface area contributed by atoms with Crippen molar-refractivity contribution in [1.29, 1.82) is 0 Å². The number of nitrogens with zero attached hydrogens (tertiary/aromatic N) is 1. The Morgan fingerprint density at radius 3 is 2.56 bits per heavy atom. The molecule has 1 aliphatic heterocycles. The van der Waals surface area contributed by atoms with Gasteiger partial charge in [0.15, 0.2) is 0 Å². The number of hydrogen-bond donors (Lipinski definition) is 1. The van der Waals surface area contributed by atoms with Gasteiger partial charge in [0, 0.05) is 6.04 Å². The van der Waals surface area contributed by atoms with Crippen molar-refractivity contribution in [3.05, 3.63) is 35.9 Å². The summed E-state index contributed by atoms with van der Waals surface area (Å²) >= 11 is 0. The molecule has 3 heteroatoms. The van der Waals surface area contributed by atoms with Crippen LogP contribution >= 0.6 is 0 Å². The van der Waals surface area contributed by atoms with E-state index in [2.05, 4.69) is 11.8 Å². The number of aliphatic carboxylic acids is 1. The number of hydrogen-bond acceptors (Lipinski definition) is 2. The second kappa shape index (κ2) is 5.11. The molecule has 1 aromatic rings. The summed E-state index contributed by atoms with van der Waals surface area (Å²) < 4.78 is 0. The minimum atomic E-state index is -0.864. The van der Waals surface area contributed by atoms with Gasteiger partial charge in [0.25, 0.3) is 0 Å². The first-order valence-electron chi connectivity index (χ1n) is 6.68. The van der Waals surface area contributed by atoms with Crippen molar-refractivity contribution in [2.45, 2.75) is 44.7 Å². The van der Waals surface area contributed by atoms with Gasteiger partial charge in [0.2, 0.25) is 0 Å². The molecule has 1 fully saturated rings. The van der Waals surface area contributed by atoms with Crippen molar-refractivity contribution in [1.82, 2.24) is 4.90 Å². The molecule has 3 nitrogen and oxygen atoms in total. The van der Waals surface area contributed by atoms with E-state index in [0.717, 1.165) is 24.9 Å². The molecule has 1 saturated heterocycles. The molecule has 2 unspecified atom stereocenters. The Bertz CT molecular complexity index is 418. The smallest absolute Gasteiger partial charge is 0.328 e. The van der Waals surface area contributed by atoms with Crippen molar-refractivity contribution in [2.24, 2.45) is 0 Å².